The van der Waals surface area contributed by atoms with Gasteiger partial charge in [-0.05, 0) is 0 Å². The molecule has 0 atom stereocenters. The van der Waals surface area contributed by atoms with Crippen molar-refractivity contribution in [3.05, 3.63) is 32.8 Å². The van der Waals surface area contributed by atoms with Gasteiger partial charge in [-0.1, -0.05) is 0 Å². The third-order valence-corrected chi connectivity index (χ3v) is 1.59. The van der Waals surface area contributed by atoms with Crippen molar-refractivity contribution < 1.29 is 14.7 Å². The molecule has 2 rings (SSSR count). The summed E-state index contributed by atoms with van der Waals surface area (Å²) in [6.45, 7) is 0. The molecule has 76 valence electrons. The third kappa shape index (κ3) is 1.43. The highest BCUT2D eigenvalue weighted by atomic mass is 16.6. The molecule has 2 heterocycles. The molecule has 0 aliphatic carbocycles. The van der Waals surface area contributed by atoms with Crippen LogP contribution in [0, 0.1) is 20.5 Å². The van der Waals surface area contributed by atoms with Crippen LogP contribution in [-0.2, 0) is 0 Å². The maximum absolute atomic E-state index is 11.1. The molecule has 10 heteroatoms. The minimum atomic E-state index is -0.718. The topological polar surface area (TPSA) is 136 Å². The molecule has 0 aliphatic rings. The van der Waals surface area contributed by atoms with Crippen LogP contribution in [0.15, 0.2) is 12.3 Å². The van der Waals surface area contributed by atoms with Crippen LogP contribution >= 0.6 is 0 Å². The van der Waals surface area contributed by atoms with E-state index in [4.69, 9.17) is 0 Å². The average molecular weight is 210 g/mol. The summed E-state index contributed by atoms with van der Waals surface area (Å²) in [5, 5.41) is 38.1. The Labute approximate surface area is 80.7 Å². The standard InChI is InChI=1S/C5H2N6O4/c12-9-4-1-3(10(13)14)2-6-5(4)7-11(15)8-9/h1-2H. The molecule has 0 N–H and O–H groups in total. The Morgan fingerprint density at radius 3 is 2.80 bits per heavy atom. The lowest BCUT2D eigenvalue weighted by atomic mass is 10.4. The number of rotatable bonds is 1. The first kappa shape index (κ1) is 8.93. The molecule has 2 aromatic heterocycles. The number of hydrogen-bond donors (Lipinski definition) is 0. The van der Waals surface area contributed by atoms with Crippen LogP contribution in [0.3, 0.4) is 0 Å². The van der Waals surface area contributed by atoms with Gasteiger partial charge in [0, 0.05) is 4.85 Å². The molecular formula is C5H2N6O4. The smallest absolute Gasteiger partial charge is 0.327 e. The number of hydrogen-bond acceptors (Lipinski definition) is 7. The van der Waals surface area contributed by atoms with Gasteiger partial charge in [-0.25, -0.2) is 4.98 Å². The largest absolute Gasteiger partial charge is 0.590 e. The summed E-state index contributed by atoms with van der Waals surface area (Å²) in [6, 6.07) is 0.940. The molecule has 0 aliphatic heterocycles. The molecule has 0 fully saturated rings. The number of pyridine rings is 1. The lowest BCUT2D eigenvalue weighted by Crippen LogP contribution is -2.50. The molecule has 15 heavy (non-hydrogen) atoms. The zero-order valence-corrected chi connectivity index (χ0v) is 6.97. The molecule has 0 radical (unpaired) electrons. The van der Waals surface area contributed by atoms with E-state index < -0.39 is 4.92 Å². The van der Waals surface area contributed by atoms with Gasteiger partial charge in [0.25, 0.3) is 5.69 Å². The number of aromatic nitrogens is 5. The maximum atomic E-state index is 11.1. The fraction of sp³-hybridized carbons (Fsp3) is 0. The van der Waals surface area contributed by atoms with Crippen molar-refractivity contribution in [3.63, 3.8) is 0 Å². The molecule has 0 unspecified atom stereocenters. The lowest BCUT2D eigenvalue weighted by Gasteiger charge is -1.94. The first-order valence-corrected chi connectivity index (χ1v) is 3.60. The fourth-order valence-corrected chi connectivity index (χ4v) is 0.972. The van der Waals surface area contributed by atoms with Crippen molar-refractivity contribution in [2.24, 2.45) is 0 Å². The Hall–Kier alpha value is -2.65. The van der Waals surface area contributed by atoms with Gasteiger partial charge < -0.3 is 10.4 Å². The Morgan fingerprint density at radius 2 is 2.13 bits per heavy atom. The number of nitro groups is 1. The van der Waals surface area contributed by atoms with Crippen molar-refractivity contribution in [2.45, 2.75) is 0 Å². The Bertz CT molecular complexity index is 556. The highest BCUT2D eigenvalue weighted by molar-refractivity contribution is 5.67. The minimum absolute atomic E-state index is 0.0741. The Kier molecular flexibility index (Phi) is 1.75. The van der Waals surface area contributed by atoms with Gasteiger partial charge in [0.2, 0.25) is 0 Å². The van der Waals surface area contributed by atoms with Crippen molar-refractivity contribution >= 4 is 16.9 Å². The highest BCUT2D eigenvalue weighted by Gasteiger charge is 2.19. The predicted molar refractivity (Wildman–Crippen MR) is 41.9 cm³/mol. The summed E-state index contributed by atoms with van der Waals surface area (Å²) in [4.78, 5) is 12.9. The van der Waals surface area contributed by atoms with Gasteiger partial charge in [-0.15, -0.1) is 0 Å². The minimum Gasteiger partial charge on any atom is -0.590 e. The van der Waals surface area contributed by atoms with Crippen LogP contribution in [0.5, 0.6) is 0 Å². The average Bonchev–Trinajstić information content (AvgIpc) is 2.16. The van der Waals surface area contributed by atoms with Crippen LogP contribution in [-0.4, -0.2) is 20.2 Å². The molecule has 0 spiro atoms. The summed E-state index contributed by atoms with van der Waals surface area (Å²) in [5.74, 6) is 0. The molecule has 0 aromatic carbocycles. The predicted octanol–water partition coefficient (Wildman–Crippen LogP) is -1.80. The van der Waals surface area contributed by atoms with E-state index in [2.05, 4.69) is 15.3 Å². The van der Waals surface area contributed by atoms with E-state index in [1.54, 1.807) is 0 Å². The second kappa shape index (κ2) is 2.94. The van der Waals surface area contributed by atoms with E-state index >= 15 is 0 Å². The zero-order chi connectivity index (χ0) is 11.0. The van der Waals surface area contributed by atoms with Crippen LogP contribution in [0.25, 0.3) is 11.2 Å². The van der Waals surface area contributed by atoms with Gasteiger partial charge in [0.05, 0.1) is 16.1 Å². The van der Waals surface area contributed by atoms with Crippen LogP contribution in [0.2, 0.25) is 0 Å². The fourth-order valence-electron chi connectivity index (χ4n) is 0.972. The van der Waals surface area contributed by atoms with E-state index in [1.165, 1.54) is 0 Å². The molecule has 0 bridgehead atoms. The van der Waals surface area contributed by atoms with Gasteiger partial charge in [-0.2, -0.15) is 0 Å². The number of fused-ring (bicyclic) bond motifs is 1. The summed E-state index contributed by atoms with van der Waals surface area (Å²) >= 11 is 0. The van der Waals surface area contributed by atoms with Crippen molar-refractivity contribution in [2.75, 3.05) is 0 Å². The van der Waals surface area contributed by atoms with Crippen LogP contribution < -0.4 is 9.80 Å². The Morgan fingerprint density at radius 1 is 1.40 bits per heavy atom. The first-order chi connectivity index (χ1) is 7.08. The normalized spacial score (nSPS) is 10.4. The second-order valence-electron chi connectivity index (χ2n) is 2.51. The van der Waals surface area contributed by atoms with Gasteiger partial charge in [0.15, 0.2) is 0 Å². The highest BCUT2D eigenvalue weighted by Crippen LogP contribution is 2.11. The van der Waals surface area contributed by atoms with Gasteiger partial charge in [0.1, 0.15) is 11.2 Å². The van der Waals surface area contributed by atoms with E-state index in [-0.39, 0.29) is 26.7 Å². The van der Waals surface area contributed by atoms with E-state index in [1.807, 2.05) is 0 Å². The molecule has 0 saturated heterocycles. The summed E-state index contributed by atoms with van der Waals surface area (Å²) < 4.78 is 0. The van der Waals surface area contributed by atoms with Crippen LogP contribution in [0.1, 0.15) is 0 Å². The number of nitrogens with zero attached hydrogens (tertiary/aromatic N) is 6. The van der Waals surface area contributed by atoms with Crippen molar-refractivity contribution in [1.29, 1.82) is 0 Å². The van der Waals surface area contributed by atoms with Crippen molar-refractivity contribution in [1.82, 2.24) is 15.3 Å². The summed E-state index contributed by atoms with van der Waals surface area (Å²) in [6.07, 6.45) is 0.898. The first-order valence-electron chi connectivity index (χ1n) is 3.60. The SMILES string of the molecule is O=[N+]([O-])c1cnc2n[n+]([O-])n[n+]([O-])c2c1. The molecule has 0 saturated carbocycles. The van der Waals surface area contributed by atoms with E-state index in [0.29, 0.717) is 0 Å². The Balaban J connectivity index is 2.76. The zero-order valence-electron chi connectivity index (χ0n) is 6.97. The summed E-state index contributed by atoms with van der Waals surface area (Å²) in [5.41, 5.74) is -0.823. The van der Waals surface area contributed by atoms with E-state index in [9.17, 15) is 20.5 Å². The maximum Gasteiger partial charge on any atom is 0.327 e. The van der Waals surface area contributed by atoms with Crippen LogP contribution in [0.4, 0.5) is 5.69 Å². The van der Waals surface area contributed by atoms with Gasteiger partial charge in [-0.3, -0.25) is 10.1 Å². The van der Waals surface area contributed by atoms with E-state index in [0.717, 1.165) is 12.3 Å². The van der Waals surface area contributed by atoms with Crippen molar-refractivity contribution in [3.8, 4) is 0 Å². The quantitative estimate of drug-likeness (QED) is 0.234. The monoisotopic (exact) mass is 210 g/mol. The third-order valence-electron chi connectivity index (χ3n) is 1.59. The molecule has 10 nitrogen and oxygen atoms in total. The summed E-state index contributed by atoms with van der Waals surface area (Å²) in [7, 11) is 0. The van der Waals surface area contributed by atoms with Gasteiger partial charge >= 0.3 is 16.4 Å². The molecular weight excluding hydrogens is 208 g/mol. The second-order valence-corrected chi connectivity index (χ2v) is 2.51. The lowest BCUT2D eigenvalue weighted by molar-refractivity contribution is -0.863. The molecule has 2 aromatic rings. The molecule has 0 amide bonds.